The third kappa shape index (κ3) is 1.94. The smallest absolute Gasteiger partial charge is 0.237 e. The molecule has 2 aromatic rings. The second-order valence-corrected chi connectivity index (χ2v) is 5.69. The molecule has 3 heterocycles. The van der Waals surface area contributed by atoms with Crippen LogP contribution in [0.4, 0.5) is 5.69 Å². The molecule has 2 aliphatic rings. The molecule has 4 rings (SSSR count). The minimum absolute atomic E-state index is 0.189. The van der Waals surface area contributed by atoms with E-state index in [0.717, 1.165) is 30.3 Å². The highest BCUT2D eigenvalue weighted by Crippen LogP contribution is 2.43. The van der Waals surface area contributed by atoms with Gasteiger partial charge in [0, 0.05) is 12.7 Å². The molecular weight excluding hydrogens is 288 g/mol. The molecule has 0 radical (unpaired) electrons. The summed E-state index contributed by atoms with van der Waals surface area (Å²) in [5, 5.41) is 0.648. The van der Waals surface area contributed by atoms with Gasteiger partial charge in [0.2, 0.25) is 5.88 Å². The summed E-state index contributed by atoms with van der Waals surface area (Å²) in [6, 6.07) is 8.25. The summed E-state index contributed by atoms with van der Waals surface area (Å²) in [7, 11) is 1.65. The van der Waals surface area contributed by atoms with Gasteiger partial charge in [-0.25, -0.2) is 4.98 Å². The van der Waals surface area contributed by atoms with E-state index in [1.165, 1.54) is 11.1 Å². The van der Waals surface area contributed by atoms with Gasteiger partial charge in [0.25, 0.3) is 0 Å². The summed E-state index contributed by atoms with van der Waals surface area (Å²) in [5.74, 6) is 1.46. The SMILES string of the molecule is COc1cc2c(cc1Cl)C1COc3ncccc3N1CC2. The van der Waals surface area contributed by atoms with Crippen molar-refractivity contribution in [2.45, 2.75) is 12.5 Å². The minimum atomic E-state index is 0.189. The van der Waals surface area contributed by atoms with E-state index in [1.807, 2.05) is 18.2 Å². The second kappa shape index (κ2) is 4.81. The van der Waals surface area contributed by atoms with Crippen molar-refractivity contribution in [2.75, 3.05) is 25.2 Å². The number of methoxy groups -OCH3 is 1. The Bertz CT molecular complexity index is 705. The lowest BCUT2D eigenvalue weighted by Crippen LogP contribution is -2.41. The summed E-state index contributed by atoms with van der Waals surface area (Å²) in [5.41, 5.74) is 3.57. The van der Waals surface area contributed by atoms with E-state index in [-0.39, 0.29) is 6.04 Å². The lowest BCUT2D eigenvalue weighted by Gasteiger charge is -2.42. The molecule has 0 N–H and O–H groups in total. The number of rotatable bonds is 1. The van der Waals surface area contributed by atoms with Gasteiger partial charge in [0.1, 0.15) is 18.0 Å². The number of hydrogen-bond acceptors (Lipinski definition) is 4. The Hall–Kier alpha value is -1.94. The van der Waals surface area contributed by atoms with Crippen molar-refractivity contribution in [3.8, 4) is 11.6 Å². The van der Waals surface area contributed by atoms with E-state index in [1.54, 1.807) is 13.3 Å². The average Bonchev–Trinajstić information content (AvgIpc) is 2.53. The van der Waals surface area contributed by atoms with Gasteiger partial charge in [-0.2, -0.15) is 0 Å². The van der Waals surface area contributed by atoms with Crippen LogP contribution in [0.25, 0.3) is 0 Å². The van der Waals surface area contributed by atoms with Gasteiger partial charge >= 0.3 is 0 Å². The normalized spacial score (nSPS) is 19.1. The van der Waals surface area contributed by atoms with Crippen LogP contribution < -0.4 is 14.4 Å². The molecule has 2 aliphatic heterocycles. The van der Waals surface area contributed by atoms with E-state index in [0.29, 0.717) is 11.6 Å². The molecular formula is C16H15ClN2O2. The molecule has 0 saturated carbocycles. The quantitative estimate of drug-likeness (QED) is 0.810. The van der Waals surface area contributed by atoms with Crippen LogP contribution in [0.1, 0.15) is 17.2 Å². The lowest BCUT2D eigenvalue weighted by atomic mass is 9.91. The molecule has 5 heteroatoms. The van der Waals surface area contributed by atoms with Gasteiger partial charge in [0.15, 0.2) is 0 Å². The van der Waals surface area contributed by atoms with Gasteiger partial charge in [-0.1, -0.05) is 11.6 Å². The molecule has 4 nitrogen and oxygen atoms in total. The van der Waals surface area contributed by atoms with E-state index in [9.17, 15) is 0 Å². The zero-order chi connectivity index (χ0) is 14.4. The Morgan fingerprint density at radius 2 is 2.33 bits per heavy atom. The van der Waals surface area contributed by atoms with Crippen LogP contribution >= 0.6 is 11.6 Å². The van der Waals surface area contributed by atoms with Crippen LogP contribution in [0.15, 0.2) is 30.5 Å². The largest absolute Gasteiger partial charge is 0.495 e. The zero-order valence-corrected chi connectivity index (χ0v) is 12.4. The lowest BCUT2D eigenvalue weighted by molar-refractivity contribution is 0.249. The van der Waals surface area contributed by atoms with Crippen molar-refractivity contribution in [3.05, 3.63) is 46.6 Å². The number of pyridine rings is 1. The molecule has 1 aromatic carbocycles. The fourth-order valence-electron chi connectivity index (χ4n) is 3.20. The molecule has 1 aromatic heterocycles. The fourth-order valence-corrected chi connectivity index (χ4v) is 3.45. The first-order valence-electron chi connectivity index (χ1n) is 6.98. The first-order chi connectivity index (χ1) is 10.3. The number of halogens is 1. The molecule has 0 fully saturated rings. The van der Waals surface area contributed by atoms with Crippen LogP contribution in [-0.2, 0) is 6.42 Å². The highest BCUT2D eigenvalue weighted by molar-refractivity contribution is 6.32. The third-order valence-corrected chi connectivity index (χ3v) is 4.50. The van der Waals surface area contributed by atoms with Crippen molar-refractivity contribution in [1.82, 2.24) is 4.98 Å². The number of benzene rings is 1. The monoisotopic (exact) mass is 302 g/mol. The molecule has 21 heavy (non-hydrogen) atoms. The van der Waals surface area contributed by atoms with Gasteiger partial charge in [0.05, 0.1) is 18.2 Å². The minimum Gasteiger partial charge on any atom is -0.495 e. The Morgan fingerprint density at radius 3 is 3.19 bits per heavy atom. The first kappa shape index (κ1) is 12.8. The van der Waals surface area contributed by atoms with Gasteiger partial charge in [-0.3, -0.25) is 0 Å². The second-order valence-electron chi connectivity index (χ2n) is 5.28. The Balaban J connectivity index is 1.80. The number of nitrogens with zero attached hydrogens (tertiary/aromatic N) is 2. The summed E-state index contributed by atoms with van der Waals surface area (Å²) in [4.78, 5) is 6.66. The third-order valence-electron chi connectivity index (χ3n) is 4.21. The Labute approximate surface area is 128 Å². The zero-order valence-electron chi connectivity index (χ0n) is 11.7. The molecule has 0 aliphatic carbocycles. The van der Waals surface area contributed by atoms with E-state index >= 15 is 0 Å². The van der Waals surface area contributed by atoms with E-state index in [4.69, 9.17) is 21.1 Å². The van der Waals surface area contributed by atoms with Gasteiger partial charge in [-0.15, -0.1) is 0 Å². The molecule has 1 unspecified atom stereocenters. The van der Waals surface area contributed by atoms with Crippen LogP contribution in [-0.4, -0.2) is 25.2 Å². The van der Waals surface area contributed by atoms with Gasteiger partial charge < -0.3 is 14.4 Å². The molecule has 108 valence electrons. The maximum absolute atomic E-state index is 6.30. The standard InChI is InChI=1S/C16H15ClN2O2/c1-20-15-7-10-4-6-19-13-3-2-5-18-16(13)21-9-14(19)11(10)8-12(15)17/h2-3,5,7-8,14H,4,6,9H2,1H3. The van der Waals surface area contributed by atoms with Crippen LogP contribution in [0.3, 0.4) is 0 Å². The fraction of sp³-hybridized carbons (Fsp3) is 0.312. The van der Waals surface area contributed by atoms with Crippen LogP contribution in [0, 0.1) is 0 Å². The van der Waals surface area contributed by atoms with Crippen LogP contribution in [0.2, 0.25) is 5.02 Å². The van der Waals surface area contributed by atoms with Gasteiger partial charge in [-0.05, 0) is 41.8 Å². The maximum Gasteiger partial charge on any atom is 0.237 e. The molecule has 0 saturated heterocycles. The highest BCUT2D eigenvalue weighted by Gasteiger charge is 2.34. The van der Waals surface area contributed by atoms with Crippen molar-refractivity contribution in [3.63, 3.8) is 0 Å². The molecule has 0 spiro atoms. The predicted octanol–water partition coefficient (Wildman–Crippen LogP) is 3.24. The predicted molar refractivity (Wildman–Crippen MR) is 81.5 cm³/mol. The van der Waals surface area contributed by atoms with E-state index in [2.05, 4.69) is 16.0 Å². The number of ether oxygens (including phenoxy) is 2. The Morgan fingerprint density at radius 1 is 1.43 bits per heavy atom. The summed E-state index contributed by atoms with van der Waals surface area (Å²) >= 11 is 6.30. The van der Waals surface area contributed by atoms with E-state index < -0.39 is 0 Å². The summed E-state index contributed by atoms with van der Waals surface area (Å²) in [6.45, 7) is 1.55. The number of hydrogen-bond donors (Lipinski definition) is 0. The average molecular weight is 303 g/mol. The van der Waals surface area contributed by atoms with Crippen molar-refractivity contribution < 1.29 is 9.47 Å². The van der Waals surface area contributed by atoms with Crippen LogP contribution in [0.5, 0.6) is 11.6 Å². The van der Waals surface area contributed by atoms with Crippen molar-refractivity contribution >= 4 is 17.3 Å². The number of fused-ring (bicyclic) bond motifs is 5. The number of anilines is 1. The summed E-state index contributed by atoms with van der Waals surface area (Å²) in [6.07, 6.45) is 2.73. The maximum atomic E-state index is 6.30. The van der Waals surface area contributed by atoms with Crippen molar-refractivity contribution in [2.24, 2.45) is 0 Å². The Kier molecular flexibility index (Phi) is 2.93. The molecule has 0 amide bonds. The molecule has 0 bridgehead atoms. The summed E-state index contributed by atoms with van der Waals surface area (Å²) < 4.78 is 11.1. The first-order valence-corrected chi connectivity index (χ1v) is 7.36. The van der Waals surface area contributed by atoms with Crippen molar-refractivity contribution in [1.29, 1.82) is 0 Å². The molecule has 1 atom stereocenters. The topological polar surface area (TPSA) is 34.6 Å². The number of aromatic nitrogens is 1. The highest BCUT2D eigenvalue weighted by atomic mass is 35.5.